The maximum Gasteiger partial charge on any atom is 0.433 e. The number of Topliss-reactive ketones (excluding diaryl/α,β-unsaturated/α-hetero) is 1. The van der Waals surface area contributed by atoms with Gasteiger partial charge in [-0.3, -0.25) is 14.8 Å². The minimum Gasteiger partial charge on any atom is -0.298 e. The number of halogens is 5. The van der Waals surface area contributed by atoms with Crippen LogP contribution in [0.5, 0.6) is 0 Å². The number of hydrogen-bond acceptors (Lipinski definition) is 5. The van der Waals surface area contributed by atoms with E-state index in [-0.39, 0.29) is 24.2 Å². The number of alkyl halides is 4. The highest BCUT2D eigenvalue weighted by Gasteiger charge is 2.48. The first kappa shape index (κ1) is 27.8. The molecule has 0 spiro atoms. The lowest BCUT2D eigenvalue weighted by Crippen LogP contribution is -2.44. The van der Waals surface area contributed by atoms with E-state index in [1.165, 1.54) is 19.2 Å². The fourth-order valence-electron chi connectivity index (χ4n) is 4.48. The predicted molar refractivity (Wildman–Crippen MR) is 129 cm³/mol. The highest BCUT2D eigenvalue weighted by Crippen LogP contribution is 2.34. The molecule has 12 heteroatoms. The molecule has 202 valence electrons. The molecular weight excluding hydrogens is 529 g/mol. The number of rotatable bonds is 7. The van der Waals surface area contributed by atoms with Crippen molar-refractivity contribution in [3.05, 3.63) is 77.5 Å². The molecule has 6 nitrogen and oxygen atoms in total. The summed E-state index contributed by atoms with van der Waals surface area (Å²) < 4.78 is 93.7. The molecular formula is C26H24F5N3O3S. The summed E-state index contributed by atoms with van der Waals surface area (Å²) in [5.41, 5.74) is 1.08. The summed E-state index contributed by atoms with van der Waals surface area (Å²) in [6.07, 6.45) is -3.75. The van der Waals surface area contributed by atoms with Crippen LogP contribution in [-0.4, -0.2) is 46.7 Å². The summed E-state index contributed by atoms with van der Waals surface area (Å²) in [7, 11) is -4.27. The number of aryl methyl sites for hydroxylation is 2. The zero-order chi connectivity index (χ0) is 27.8. The lowest BCUT2D eigenvalue weighted by atomic mass is 9.98. The predicted octanol–water partition coefficient (Wildman–Crippen LogP) is 5.30. The molecule has 0 saturated carbocycles. The number of pyridine rings is 2. The number of aromatic nitrogens is 2. The highest BCUT2D eigenvalue weighted by atomic mass is 32.2. The van der Waals surface area contributed by atoms with Gasteiger partial charge in [0.25, 0.3) is 0 Å². The molecule has 3 heterocycles. The topological polar surface area (TPSA) is 80.2 Å². The first-order chi connectivity index (χ1) is 17.8. The van der Waals surface area contributed by atoms with Crippen molar-refractivity contribution in [1.82, 2.24) is 14.3 Å². The monoisotopic (exact) mass is 553 g/mol. The van der Waals surface area contributed by atoms with Crippen LogP contribution in [0.3, 0.4) is 0 Å². The Hall–Kier alpha value is -3.25. The van der Waals surface area contributed by atoms with E-state index < -0.39 is 51.7 Å². The van der Waals surface area contributed by atoms with Gasteiger partial charge in [0.2, 0.25) is 10.0 Å². The molecule has 1 fully saturated rings. The van der Waals surface area contributed by atoms with Crippen molar-refractivity contribution in [1.29, 1.82) is 0 Å². The summed E-state index contributed by atoms with van der Waals surface area (Å²) in [4.78, 5) is 20.6. The molecule has 0 bridgehead atoms. The van der Waals surface area contributed by atoms with Crippen molar-refractivity contribution in [3.63, 3.8) is 0 Å². The minimum absolute atomic E-state index is 0.102. The second-order valence-corrected chi connectivity index (χ2v) is 11.0. The lowest BCUT2D eigenvalue weighted by molar-refractivity contribution is -0.141. The number of nitrogens with zero attached hydrogens (tertiary/aromatic N) is 3. The molecule has 2 aromatic heterocycles. The van der Waals surface area contributed by atoms with Crippen LogP contribution in [0, 0.1) is 12.7 Å². The molecule has 1 aliphatic heterocycles. The molecule has 0 aliphatic carbocycles. The normalized spacial score (nSPS) is 20.6. The lowest BCUT2D eigenvalue weighted by Gasteiger charge is -2.26. The van der Waals surface area contributed by atoms with Crippen LogP contribution >= 0.6 is 0 Å². The third-order valence-corrected chi connectivity index (χ3v) is 8.66. The molecule has 0 N–H and O–H groups in total. The zero-order valence-corrected chi connectivity index (χ0v) is 21.2. The molecule has 0 unspecified atom stereocenters. The number of hydrogen-bond donors (Lipinski definition) is 0. The Morgan fingerprint density at radius 1 is 1.08 bits per heavy atom. The van der Waals surface area contributed by atoms with E-state index >= 15 is 0 Å². The Morgan fingerprint density at radius 3 is 2.37 bits per heavy atom. The smallest absolute Gasteiger partial charge is 0.298 e. The van der Waals surface area contributed by atoms with Crippen molar-refractivity contribution in [3.8, 4) is 11.3 Å². The fraction of sp³-hybridized carbons (Fsp3) is 0.346. The summed E-state index contributed by atoms with van der Waals surface area (Å²) in [6, 6.07) is 5.53. The average Bonchev–Trinajstić information content (AvgIpc) is 3.18. The highest BCUT2D eigenvalue weighted by molar-refractivity contribution is 7.89. The summed E-state index contributed by atoms with van der Waals surface area (Å²) >= 11 is 0. The summed E-state index contributed by atoms with van der Waals surface area (Å²) in [6.45, 7) is 3.14. The standard InChI is InChI=1S/C26H24F5N3O3S/c1-15-13-32-22(18-4-10-25(33-14-18)26(29,30)31)11-17(15)3-9-24(35)23-12-21(28)16(2)34(23)38(36,37)20-7-5-19(27)6-8-20/h4-8,10-11,13-14,16,21,23H,3,9,12H2,1-2H3/t16-,21+,23-/m0/s1. The van der Waals surface area contributed by atoms with Crippen LogP contribution in [0.25, 0.3) is 11.3 Å². The molecule has 1 saturated heterocycles. The summed E-state index contributed by atoms with van der Waals surface area (Å²) in [5.74, 6) is -1.11. The minimum atomic E-state index is -4.57. The number of carbonyl (C=O) groups excluding carboxylic acids is 1. The van der Waals surface area contributed by atoms with Gasteiger partial charge in [0.1, 0.15) is 17.7 Å². The largest absolute Gasteiger partial charge is 0.433 e. The Kier molecular flexibility index (Phi) is 7.67. The molecule has 0 amide bonds. The van der Waals surface area contributed by atoms with Crippen molar-refractivity contribution in [2.24, 2.45) is 0 Å². The van der Waals surface area contributed by atoms with Gasteiger partial charge in [0.05, 0.1) is 22.7 Å². The second kappa shape index (κ2) is 10.5. The van der Waals surface area contributed by atoms with Crippen LogP contribution in [0.15, 0.2) is 59.8 Å². The Morgan fingerprint density at radius 2 is 1.76 bits per heavy atom. The number of carbonyl (C=O) groups is 1. The SMILES string of the molecule is Cc1cnc(-c2ccc(C(F)(F)F)nc2)cc1CCC(=O)[C@@H]1C[C@@H](F)[C@H](C)N1S(=O)(=O)c1ccc(F)cc1. The quantitative estimate of drug-likeness (QED) is 0.371. The van der Waals surface area contributed by atoms with E-state index in [0.29, 0.717) is 16.8 Å². The molecule has 3 atom stereocenters. The molecule has 0 radical (unpaired) electrons. The van der Waals surface area contributed by atoms with E-state index in [0.717, 1.165) is 46.4 Å². The van der Waals surface area contributed by atoms with Crippen molar-refractivity contribution < 1.29 is 35.2 Å². The Labute approximate surface area is 216 Å². The number of ketones is 1. The zero-order valence-electron chi connectivity index (χ0n) is 20.4. The van der Waals surface area contributed by atoms with Crippen molar-refractivity contribution >= 4 is 15.8 Å². The van der Waals surface area contributed by atoms with Gasteiger partial charge in [-0.05, 0) is 73.9 Å². The number of sulfonamides is 1. The van der Waals surface area contributed by atoms with E-state index in [2.05, 4.69) is 9.97 Å². The van der Waals surface area contributed by atoms with Gasteiger partial charge in [-0.25, -0.2) is 17.2 Å². The first-order valence-electron chi connectivity index (χ1n) is 11.7. The molecule has 3 aromatic rings. The van der Waals surface area contributed by atoms with E-state index in [1.807, 2.05) is 0 Å². The van der Waals surface area contributed by atoms with Crippen LogP contribution in [0.4, 0.5) is 22.0 Å². The van der Waals surface area contributed by atoms with Crippen LogP contribution in [-0.2, 0) is 27.4 Å². The molecule has 38 heavy (non-hydrogen) atoms. The third kappa shape index (κ3) is 5.60. The molecule has 1 aliphatic rings. The number of benzene rings is 1. The van der Waals surface area contributed by atoms with Crippen LogP contribution in [0.2, 0.25) is 0 Å². The fourth-order valence-corrected chi connectivity index (χ4v) is 6.31. The van der Waals surface area contributed by atoms with Gasteiger partial charge >= 0.3 is 6.18 Å². The van der Waals surface area contributed by atoms with E-state index in [1.54, 1.807) is 13.0 Å². The van der Waals surface area contributed by atoms with Crippen molar-refractivity contribution in [2.75, 3.05) is 0 Å². The van der Waals surface area contributed by atoms with Gasteiger partial charge in [-0.1, -0.05) is 0 Å². The van der Waals surface area contributed by atoms with Gasteiger partial charge in [-0.15, -0.1) is 0 Å². The third-order valence-electron chi connectivity index (χ3n) is 6.65. The Balaban J connectivity index is 1.53. The van der Waals surface area contributed by atoms with Crippen LogP contribution < -0.4 is 0 Å². The van der Waals surface area contributed by atoms with Gasteiger partial charge in [0, 0.05) is 30.8 Å². The van der Waals surface area contributed by atoms with Gasteiger partial charge < -0.3 is 0 Å². The van der Waals surface area contributed by atoms with E-state index in [9.17, 15) is 35.2 Å². The van der Waals surface area contributed by atoms with Gasteiger partial charge in [0.15, 0.2) is 5.78 Å². The van der Waals surface area contributed by atoms with E-state index in [4.69, 9.17) is 0 Å². The summed E-state index contributed by atoms with van der Waals surface area (Å²) in [5, 5.41) is 0. The van der Waals surface area contributed by atoms with Crippen LogP contribution in [0.1, 0.15) is 36.6 Å². The first-order valence-corrected chi connectivity index (χ1v) is 13.2. The second-order valence-electron chi connectivity index (χ2n) is 9.19. The van der Waals surface area contributed by atoms with Crippen molar-refractivity contribution in [2.45, 2.75) is 62.4 Å². The Bertz CT molecular complexity index is 1430. The maximum atomic E-state index is 14.7. The molecule has 1 aromatic carbocycles. The van der Waals surface area contributed by atoms with Gasteiger partial charge in [-0.2, -0.15) is 17.5 Å². The maximum absolute atomic E-state index is 14.7. The average molecular weight is 554 g/mol. The molecule has 4 rings (SSSR count).